The van der Waals surface area contributed by atoms with E-state index in [9.17, 15) is 80.8 Å². The average Bonchev–Trinajstić information content (AvgIpc) is 3.08. The number of hydrogen-bond donors (Lipinski definition) is 13. The Morgan fingerprint density at radius 2 is 1.04 bits per heavy atom. The highest BCUT2D eigenvalue weighted by Crippen LogP contribution is 2.48. The molecule has 19 nitrogen and oxygen atoms in total. The zero-order valence-electron chi connectivity index (χ0n) is 26.0. The molecular formula is C33H28O19. The number of hydrogen-bond acceptors (Lipinski definition) is 19. The second-order valence-electron chi connectivity index (χ2n) is 11.3. The van der Waals surface area contributed by atoms with Crippen LogP contribution in [0, 0.1) is 0 Å². The van der Waals surface area contributed by atoms with Crippen LogP contribution in [0.3, 0.4) is 0 Å². The molecule has 0 aromatic heterocycles. The normalized spacial score (nSPS) is 19.8. The Balaban J connectivity index is 1.67. The lowest BCUT2D eigenvalue weighted by atomic mass is 9.87. The van der Waals surface area contributed by atoms with Crippen LogP contribution in [-0.2, 0) is 14.2 Å². The molecule has 0 spiro atoms. The van der Waals surface area contributed by atoms with E-state index in [0.717, 1.165) is 18.2 Å². The molecule has 0 saturated carbocycles. The van der Waals surface area contributed by atoms with Crippen LogP contribution in [0.4, 0.5) is 0 Å². The Morgan fingerprint density at radius 1 is 0.558 bits per heavy atom. The van der Waals surface area contributed by atoms with Gasteiger partial charge in [0.25, 0.3) is 0 Å². The van der Waals surface area contributed by atoms with Crippen LogP contribution in [0.25, 0.3) is 0 Å². The summed E-state index contributed by atoms with van der Waals surface area (Å²) in [5, 5.41) is 133. The molecule has 5 atom stereocenters. The number of carbonyl (C=O) groups excluding carboxylic acids is 3. The van der Waals surface area contributed by atoms with Gasteiger partial charge in [-0.3, -0.25) is 4.79 Å². The monoisotopic (exact) mass is 728 g/mol. The largest absolute Gasteiger partial charge is 0.507 e. The molecule has 1 aliphatic rings. The van der Waals surface area contributed by atoms with E-state index < -0.39 is 146 Å². The van der Waals surface area contributed by atoms with E-state index in [0.29, 0.717) is 30.3 Å². The second-order valence-corrected chi connectivity index (χ2v) is 11.3. The Hall–Kier alpha value is -6.83. The van der Waals surface area contributed by atoms with Gasteiger partial charge < -0.3 is 80.6 Å². The number of ether oxygens (including phenoxy) is 3. The molecular weight excluding hydrogens is 700 g/mol. The maximum absolute atomic E-state index is 13.5. The molecule has 4 aromatic carbocycles. The smallest absolute Gasteiger partial charge is 0.338 e. The van der Waals surface area contributed by atoms with E-state index in [-0.39, 0.29) is 0 Å². The van der Waals surface area contributed by atoms with Crippen LogP contribution in [0.1, 0.15) is 48.3 Å². The van der Waals surface area contributed by atoms with Crippen molar-refractivity contribution >= 4 is 17.7 Å². The number of esters is 2. The molecule has 1 saturated heterocycles. The molecule has 0 radical (unpaired) electrons. The zero-order chi connectivity index (χ0) is 38.3. The van der Waals surface area contributed by atoms with Crippen molar-refractivity contribution in [3.63, 3.8) is 0 Å². The minimum atomic E-state index is -2.24. The van der Waals surface area contributed by atoms with Crippen molar-refractivity contribution in [1.82, 2.24) is 0 Å². The standard InChI is InChI=1S/C33H28O19/c34-9-21-27(46)30(51-32(48)11-4-17(39)25(44)18(40)5-11)31(52-33(49)12-6-19(41)26(45)20(42)7-12)29(50-21)23-16(38)8-15(37)22(28(23)47)24(43)10-1-2-13(35)14(36)3-10/h1-8,21,27,29-31,34-42,44-47H,9H2/t21-,27-,29+,30+,31+/m1/s1. The van der Waals surface area contributed by atoms with E-state index in [1.807, 2.05) is 0 Å². The van der Waals surface area contributed by atoms with Crippen LogP contribution in [0.5, 0.6) is 63.2 Å². The fraction of sp³-hybridized carbons (Fsp3) is 0.182. The van der Waals surface area contributed by atoms with Crippen molar-refractivity contribution in [2.45, 2.75) is 30.5 Å². The first-order valence-corrected chi connectivity index (χ1v) is 14.7. The summed E-state index contributed by atoms with van der Waals surface area (Å²) >= 11 is 0. The van der Waals surface area contributed by atoms with Gasteiger partial charge in [-0.1, -0.05) is 0 Å². The van der Waals surface area contributed by atoms with Crippen molar-refractivity contribution in [3.05, 3.63) is 76.3 Å². The molecule has 1 fully saturated rings. The number of aliphatic hydroxyl groups excluding tert-OH is 2. The van der Waals surface area contributed by atoms with Gasteiger partial charge in [0.05, 0.1) is 23.3 Å². The number of aliphatic hydroxyl groups is 2. The first kappa shape index (κ1) is 36.5. The fourth-order valence-corrected chi connectivity index (χ4v) is 5.37. The maximum atomic E-state index is 13.5. The topological polar surface area (TPSA) is 342 Å². The molecule has 13 N–H and O–H groups in total. The highest BCUT2D eigenvalue weighted by molar-refractivity contribution is 6.13. The van der Waals surface area contributed by atoms with E-state index in [1.165, 1.54) is 0 Å². The summed E-state index contributed by atoms with van der Waals surface area (Å²) in [5.74, 6) is -15.0. The van der Waals surface area contributed by atoms with Crippen molar-refractivity contribution in [2.75, 3.05) is 6.61 Å². The van der Waals surface area contributed by atoms with Gasteiger partial charge in [-0.2, -0.15) is 0 Å². The molecule has 19 heteroatoms. The Kier molecular flexibility index (Phi) is 9.69. The van der Waals surface area contributed by atoms with Crippen molar-refractivity contribution in [3.8, 4) is 63.2 Å². The summed E-state index contributed by atoms with van der Waals surface area (Å²) in [6.07, 6.45) is -10.5. The highest BCUT2D eigenvalue weighted by atomic mass is 16.6. The lowest BCUT2D eigenvalue weighted by Crippen LogP contribution is -2.58. The first-order chi connectivity index (χ1) is 24.4. The molecule has 0 aliphatic carbocycles. The predicted molar refractivity (Wildman–Crippen MR) is 167 cm³/mol. The van der Waals surface area contributed by atoms with Gasteiger partial charge in [0.2, 0.25) is 5.78 Å². The Labute approximate surface area is 289 Å². The van der Waals surface area contributed by atoms with Gasteiger partial charge in [-0.25, -0.2) is 9.59 Å². The van der Waals surface area contributed by atoms with Gasteiger partial charge in [-0.15, -0.1) is 0 Å². The van der Waals surface area contributed by atoms with Crippen molar-refractivity contribution in [2.24, 2.45) is 0 Å². The minimum Gasteiger partial charge on any atom is -0.507 e. The van der Waals surface area contributed by atoms with Crippen LogP contribution < -0.4 is 0 Å². The number of ketones is 1. The van der Waals surface area contributed by atoms with Gasteiger partial charge in [-0.05, 0) is 42.5 Å². The third-order valence-electron chi connectivity index (χ3n) is 7.98. The van der Waals surface area contributed by atoms with Crippen LogP contribution in [-0.4, -0.2) is 115 Å². The lowest BCUT2D eigenvalue weighted by molar-refractivity contribution is -0.232. The fourth-order valence-electron chi connectivity index (χ4n) is 5.37. The van der Waals surface area contributed by atoms with E-state index in [4.69, 9.17) is 14.2 Å². The molecule has 1 aliphatic heterocycles. The van der Waals surface area contributed by atoms with E-state index >= 15 is 0 Å². The average molecular weight is 729 g/mol. The van der Waals surface area contributed by atoms with Crippen LogP contribution in [0.2, 0.25) is 0 Å². The number of rotatable bonds is 8. The maximum Gasteiger partial charge on any atom is 0.338 e. The Bertz CT molecular complexity index is 2050. The van der Waals surface area contributed by atoms with Gasteiger partial charge in [0.1, 0.15) is 41.1 Å². The molecule has 5 rings (SSSR count). The first-order valence-electron chi connectivity index (χ1n) is 14.7. The molecule has 52 heavy (non-hydrogen) atoms. The minimum absolute atomic E-state index is 0.409. The van der Waals surface area contributed by atoms with Crippen molar-refractivity contribution < 1.29 is 95.0 Å². The van der Waals surface area contributed by atoms with E-state index in [2.05, 4.69) is 0 Å². The molecule has 0 bridgehead atoms. The van der Waals surface area contributed by atoms with Gasteiger partial charge >= 0.3 is 11.9 Å². The highest BCUT2D eigenvalue weighted by Gasteiger charge is 2.52. The quantitative estimate of drug-likeness (QED) is 0.0681. The molecule has 0 amide bonds. The van der Waals surface area contributed by atoms with Crippen LogP contribution >= 0.6 is 0 Å². The number of aromatic hydroxyl groups is 11. The Morgan fingerprint density at radius 3 is 1.52 bits per heavy atom. The number of phenols is 11. The number of benzene rings is 4. The summed E-state index contributed by atoms with van der Waals surface area (Å²) in [6, 6.07) is 5.78. The van der Waals surface area contributed by atoms with Gasteiger partial charge in [0.15, 0.2) is 58.2 Å². The third kappa shape index (κ3) is 6.56. The molecule has 1 heterocycles. The van der Waals surface area contributed by atoms with Crippen LogP contribution in [0.15, 0.2) is 48.5 Å². The summed E-state index contributed by atoms with van der Waals surface area (Å²) in [6.45, 7) is -1.08. The molecule has 274 valence electrons. The number of carbonyl (C=O) groups is 3. The van der Waals surface area contributed by atoms with E-state index in [1.54, 1.807) is 0 Å². The summed E-state index contributed by atoms with van der Waals surface area (Å²) in [5.41, 5.74) is -3.55. The van der Waals surface area contributed by atoms with Gasteiger partial charge in [0, 0.05) is 11.6 Å². The zero-order valence-corrected chi connectivity index (χ0v) is 26.0. The predicted octanol–water partition coefficient (Wildman–Crippen LogP) is 0.923. The second kappa shape index (κ2) is 13.8. The third-order valence-corrected chi connectivity index (χ3v) is 7.98. The SMILES string of the molecule is O=C(O[C@@H]1[C@@H](OC(=O)c2cc(O)c(O)c(O)c2)[C@H](O)[C@@H](CO)O[C@H]1c1c(O)cc(O)c(C(=O)c2ccc(O)c(O)c2)c1O)c1cc(O)c(O)c(O)c1. The lowest BCUT2D eigenvalue weighted by Gasteiger charge is -2.43. The summed E-state index contributed by atoms with van der Waals surface area (Å²) < 4.78 is 16.5. The summed E-state index contributed by atoms with van der Waals surface area (Å²) in [7, 11) is 0. The van der Waals surface area contributed by atoms with Crippen molar-refractivity contribution in [1.29, 1.82) is 0 Å². The number of phenolic OH excluding ortho intramolecular Hbond substituents is 11. The molecule has 0 unspecified atom stereocenters. The molecule has 4 aromatic rings. The summed E-state index contributed by atoms with van der Waals surface area (Å²) in [4.78, 5) is 40.2.